The molecule has 0 unspecified atom stereocenters. The first-order valence-electron chi connectivity index (χ1n) is 9.32. The van der Waals surface area contributed by atoms with Crippen LogP contribution in [0.15, 0.2) is 40.1 Å². The van der Waals surface area contributed by atoms with Crippen LogP contribution in [0.1, 0.15) is 22.3 Å². The predicted molar refractivity (Wildman–Crippen MR) is 112 cm³/mol. The van der Waals surface area contributed by atoms with Gasteiger partial charge >= 0.3 is 0 Å². The number of anilines is 1. The largest absolute Gasteiger partial charge is 0.379 e. The molecule has 0 amide bonds. The molecule has 0 aliphatic carbocycles. The third-order valence-corrected chi connectivity index (χ3v) is 8.85. The van der Waals surface area contributed by atoms with Gasteiger partial charge in [-0.3, -0.25) is 4.72 Å². The Hall–Kier alpha value is -1.94. The second-order valence-corrected chi connectivity index (χ2v) is 10.8. The van der Waals surface area contributed by atoms with E-state index in [1.807, 2.05) is 19.9 Å². The Labute approximate surface area is 172 Å². The van der Waals surface area contributed by atoms with E-state index in [9.17, 15) is 16.8 Å². The van der Waals surface area contributed by atoms with Crippen molar-refractivity contribution in [3.8, 4) is 0 Å². The summed E-state index contributed by atoms with van der Waals surface area (Å²) in [7, 11) is -7.44. The third-order valence-electron chi connectivity index (χ3n) is 5.28. The van der Waals surface area contributed by atoms with Crippen LogP contribution in [0.5, 0.6) is 0 Å². The average molecular weight is 439 g/mol. The minimum absolute atomic E-state index is 0.126. The van der Waals surface area contributed by atoms with E-state index in [4.69, 9.17) is 4.74 Å². The molecular weight excluding hydrogens is 412 g/mol. The van der Waals surface area contributed by atoms with Gasteiger partial charge in [0, 0.05) is 18.8 Å². The molecule has 1 N–H and O–H groups in total. The standard InChI is InChI=1S/C20H26N2O5S2/c1-14-13-15(2)17(4)20(16(14)3)28(23,24)21-18-5-7-19(8-6-18)29(25,26)22-9-11-27-12-10-22/h5-8,13,21H,9-12H2,1-4H3. The SMILES string of the molecule is Cc1cc(C)c(C)c(S(=O)(=O)Nc2ccc(S(=O)(=O)N3CCOCC3)cc2)c1C. The van der Waals surface area contributed by atoms with Crippen molar-refractivity contribution < 1.29 is 21.6 Å². The Morgan fingerprint density at radius 1 is 0.862 bits per heavy atom. The van der Waals surface area contributed by atoms with Crippen LogP contribution in [-0.2, 0) is 24.8 Å². The maximum absolute atomic E-state index is 13.0. The van der Waals surface area contributed by atoms with Gasteiger partial charge in [0.05, 0.1) is 23.0 Å². The molecule has 9 heteroatoms. The summed E-state index contributed by atoms with van der Waals surface area (Å²) < 4.78 is 60.6. The first-order chi connectivity index (χ1) is 13.5. The molecule has 2 aromatic carbocycles. The molecule has 1 fully saturated rings. The van der Waals surface area contributed by atoms with Crippen LogP contribution in [0.25, 0.3) is 0 Å². The van der Waals surface area contributed by atoms with Gasteiger partial charge in [-0.25, -0.2) is 16.8 Å². The molecule has 2 aromatic rings. The number of nitrogens with zero attached hydrogens (tertiary/aromatic N) is 1. The molecule has 29 heavy (non-hydrogen) atoms. The minimum atomic E-state index is -3.81. The number of ether oxygens (including phenoxy) is 1. The Morgan fingerprint density at radius 3 is 1.90 bits per heavy atom. The van der Waals surface area contributed by atoms with Gasteiger partial charge in [-0.05, 0) is 74.2 Å². The zero-order valence-electron chi connectivity index (χ0n) is 17.0. The highest BCUT2D eigenvalue weighted by Crippen LogP contribution is 2.28. The molecule has 0 aromatic heterocycles. The molecule has 1 heterocycles. The van der Waals surface area contributed by atoms with E-state index in [0.717, 1.165) is 11.1 Å². The maximum atomic E-state index is 13.0. The molecule has 0 spiro atoms. The summed E-state index contributed by atoms with van der Waals surface area (Å²) in [5.74, 6) is 0. The minimum Gasteiger partial charge on any atom is -0.379 e. The lowest BCUT2D eigenvalue weighted by Gasteiger charge is -2.26. The van der Waals surface area contributed by atoms with Gasteiger partial charge < -0.3 is 4.74 Å². The maximum Gasteiger partial charge on any atom is 0.262 e. The number of morpholine rings is 1. The van der Waals surface area contributed by atoms with Crippen molar-refractivity contribution in [3.05, 3.63) is 52.6 Å². The molecule has 0 atom stereocenters. The highest BCUT2D eigenvalue weighted by atomic mass is 32.2. The van der Waals surface area contributed by atoms with Gasteiger partial charge in [0.2, 0.25) is 10.0 Å². The molecule has 1 aliphatic heterocycles. The molecule has 3 rings (SSSR count). The topological polar surface area (TPSA) is 92.8 Å². The second-order valence-electron chi connectivity index (χ2n) is 7.24. The number of rotatable bonds is 5. The first-order valence-corrected chi connectivity index (χ1v) is 12.2. The van der Waals surface area contributed by atoms with Crippen LogP contribution < -0.4 is 4.72 Å². The fourth-order valence-electron chi connectivity index (χ4n) is 3.42. The number of hydrogen-bond donors (Lipinski definition) is 1. The van der Waals surface area contributed by atoms with Gasteiger partial charge in [-0.2, -0.15) is 4.31 Å². The lowest BCUT2D eigenvalue weighted by atomic mass is 10.0. The summed E-state index contributed by atoms with van der Waals surface area (Å²) in [5, 5.41) is 0. The quantitative estimate of drug-likeness (QED) is 0.775. The summed E-state index contributed by atoms with van der Waals surface area (Å²) in [5.41, 5.74) is 3.52. The zero-order chi connectivity index (χ0) is 21.4. The molecule has 0 bridgehead atoms. The monoisotopic (exact) mass is 438 g/mol. The van der Waals surface area contributed by atoms with Gasteiger partial charge in [-0.1, -0.05) is 6.07 Å². The van der Waals surface area contributed by atoms with Crippen LogP contribution in [0.2, 0.25) is 0 Å². The molecule has 1 aliphatic rings. The van der Waals surface area contributed by atoms with Gasteiger partial charge in [0.1, 0.15) is 0 Å². The van der Waals surface area contributed by atoms with E-state index in [1.165, 1.54) is 28.6 Å². The van der Waals surface area contributed by atoms with Crippen LogP contribution in [0.4, 0.5) is 5.69 Å². The molecular formula is C20H26N2O5S2. The van der Waals surface area contributed by atoms with E-state index in [-0.39, 0.29) is 9.79 Å². The van der Waals surface area contributed by atoms with E-state index in [1.54, 1.807) is 13.8 Å². The zero-order valence-corrected chi connectivity index (χ0v) is 18.7. The second kappa shape index (κ2) is 8.06. The van der Waals surface area contributed by atoms with Crippen molar-refractivity contribution in [2.75, 3.05) is 31.0 Å². The number of sulfonamides is 2. The highest BCUT2D eigenvalue weighted by Gasteiger charge is 2.27. The third kappa shape index (κ3) is 4.32. The molecule has 158 valence electrons. The highest BCUT2D eigenvalue weighted by molar-refractivity contribution is 7.92. The van der Waals surface area contributed by atoms with E-state index in [0.29, 0.717) is 43.1 Å². The van der Waals surface area contributed by atoms with Gasteiger partial charge in [0.15, 0.2) is 0 Å². The first kappa shape index (κ1) is 21.8. The van der Waals surface area contributed by atoms with Crippen molar-refractivity contribution in [2.45, 2.75) is 37.5 Å². The summed E-state index contributed by atoms with van der Waals surface area (Å²) >= 11 is 0. The van der Waals surface area contributed by atoms with Crippen LogP contribution in [0, 0.1) is 27.7 Å². The van der Waals surface area contributed by atoms with Crippen LogP contribution in [-0.4, -0.2) is 47.4 Å². The van der Waals surface area contributed by atoms with E-state index < -0.39 is 20.0 Å². The summed E-state index contributed by atoms with van der Waals surface area (Å²) in [4.78, 5) is 0.390. The Bertz CT molecular complexity index is 1090. The average Bonchev–Trinajstić information content (AvgIpc) is 2.67. The fourth-order valence-corrected chi connectivity index (χ4v) is 6.51. The number of benzene rings is 2. The normalized spacial score (nSPS) is 16.0. The van der Waals surface area contributed by atoms with Crippen molar-refractivity contribution in [1.29, 1.82) is 0 Å². The Morgan fingerprint density at radius 2 is 1.38 bits per heavy atom. The predicted octanol–water partition coefficient (Wildman–Crippen LogP) is 2.74. The summed E-state index contributed by atoms with van der Waals surface area (Å²) in [6.45, 7) is 8.68. The fraction of sp³-hybridized carbons (Fsp3) is 0.400. The van der Waals surface area contributed by atoms with E-state index >= 15 is 0 Å². The lowest BCUT2D eigenvalue weighted by Crippen LogP contribution is -2.40. The summed E-state index contributed by atoms with van der Waals surface area (Å²) in [6, 6.07) is 7.75. The van der Waals surface area contributed by atoms with E-state index in [2.05, 4.69) is 4.72 Å². The number of hydrogen-bond acceptors (Lipinski definition) is 5. The molecule has 1 saturated heterocycles. The Balaban J connectivity index is 1.88. The molecule has 7 nitrogen and oxygen atoms in total. The number of aryl methyl sites for hydroxylation is 2. The Kier molecular flexibility index (Phi) is 6.05. The molecule has 0 radical (unpaired) electrons. The van der Waals surface area contributed by atoms with Gasteiger partial charge in [-0.15, -0.1) is 0 Å². The lowest BCUT2D eigenvalue weighted by molar-refractivity contribution is 0.0730. The summed E-state index contributed by atoms with van der Waals surface area (Å²) in [6.07, 6.45) is 0. The van der Waals surface area contributed by atoms with Crippen molar-refractivity contribution in [2.24, 2.45) is 0 Å². The van der Waals surface area contributed by atoms with Gasteiger partial charge in [0.25, 0.3) is 10.0 Å². The smallest absolute Gasteiger partial charge is 0.262 e. The van der Waals surface area contributed by atoms with Crippen molar-refractivity contribution in [3.63, 3.8) is 0 Å². The number of nitrogens with one attached hydrogen (secondary N) is 1. The van der Waals surface area contributed by atoms with Crippen molar-refractivity contribution in [1.82, 2.24) is 4.31 Å². The van der Waals surface area contributed by atoms with Crippen molar-refractivity contribution >= 4 is 25.7 Å². The molecule has 0 saturated carbocycles. The van der Waals surface area contributed by atoms with Crippen LogP contribution in [0.3, 0.4) is 0 Å². The van der Waals surface area contributed by atoms with Crippen LogP contribution >= 0.6 is 0 Å².